The SMILES string of the molecule is O=C(Nc1cccc2ccccc12)OCc1ccccn1. The van der Waals surface area contributed by atoms with Crippen molar-refractivity contribution in [1.29, 1.82) is 0 Å². The van der Waals surface area contributed by atoms with Crippen molar-refractivity contribution < 1.29 is 9.53 Å². The third-order valence-corrected chi connectivity index (χ3v) is 3.10. The lowest BCUT2D eigenvalue weighted by molar-refractivity contribution is 0.153. The lowest BCUT2D eigenvalue weighted by atomic mass is 10.1. The molecule has 3 aromatic rings. The lowest BCUT2D eigenvalue weighted by Gasteiger charge is -2.09. The minimum Gasteiger partial charge on any atom is -0.443 e. The second-order valence-electron chi connectivity index (χ2n) is 4.55. The van der Waals surface area contributed by atoms with Gasteiger partial charge in [0.2, 0.25) is 0 Å². The van der Waals surface area contributed by atoms with Gasteiger partial charge < -0.3 is 4.74 Å². The maximum atomic E-state index is 11.9. The fraction of sp³-hybridized carbons (Fsp3) is 0.0588. The Bertz CT molecular complexity index is 752. The predicted molar refractivity (Wildman–Crippen MR) is 82.0 cm³/mol. The fourth-order valence-corrected chi connectivity index (χ4v) is 2.10. The summed E-state index contributed by atoms with van der Waals surface area (Å²) in [5, 5.41) is 4.82. The van der Waals surface area contributed by atoms with E-state index in [1.54, 1.807) is 6.20 Å². The first-order chi connectivity index (χ1) is 10.3. The van der Waals surface area contributed by atoms with Gasteiger partial charge in [-0.05, 0) is 23.6 Å². The van der Waals surface area contributed by atoms with E-state index in [-0.39, 0.29) is 6.61 Å². The van der Waals surface area contributed by atoms with Crippen molar-refractivity contribution in [3.63, 3.8) is 0 Å². The quantitative estimate of drug-likeness (QED) is 0.788. The van der Waals surface area contributed by atoms with E-state index in [9.17, 15) is 4.79 Å². The van der Waals surface area contributed by atoms with Gasteiger partial charge in [0, 0.05) is 11.6 Å². The van der Waals surface area contributed by atoms with Gasteiger partial charge in [-0.15, -0.1) is 0 Å². The van der Waals surface area contributed by atoms with Gasteiger partial charge in [-0.3, -0.25) is 10.3 Å². The predicted octanol–water partition coefficient (Wildman–Crippen LogP) is 3.98. The summed E-state index contributed by atoms with van der Waals surface area (Å²) in [4.78, 5) is 16.0. The minimum atomic E-state index is -0.489. The van der Waals surface area contributed by atoms with Crippen LogP contribution in [0.25, 0.3) is 10.8 Å². The first kappa shape index (κ1) is 13.1. The molecule has 4 nitrogen and oxygen atoms in total. The van der Waals surface area contributed by atoms with Crippen LogP contribution in [0.3, 0.4) is 0 Å². The highest BCUT2D eigenvalue weighted by atomic mass is 16.5. The molecular weight excluding hydrogens is 264 g/mol. The molecule has 0 saturated carbocycles. The van der Waals surface area contributed by atoms with Gasteiger partial charge in [0.15, 0.2) is 0 Å². The summed E-state index contributed by atoms with van der Waals surface area (Å²) in [7, 11) is 0. The van der Waals surface area contributed by atoms with Crippen molar-refractivity contribution in [3.8, 4) is 0 Å². The Morgan fingerprint density at radius 1 is 1.00 bits per heavy atom. The molecule has 4 heteroatoms. The van der Waals surface area contributed by atoms with Crippen LogP contribution in [0.5, 0.6) is 0 Å². The second-order valence-corrected chi connectivity index (χ2v) is 4.55. The Hall–Kier alpha value is -2.88. The van der Waals surface area contributed by atoms with Crippen molar-refractivity contribution in [3.05, 3.63) is 72.6 Å². The Kier molecular flexibility index (Phi) is 3.78. The molecule has 0 spiro atoms. The summed E-state index contributed by atoms with van der Waals surface area (Å²) in [5.41, 5.74) is 1.45. The van der Waals surface area contributed by atoms with Crippen LogP contribution in [0, 0.1) is 0 Å². The molecule has 1 heterocycles. The Morgan fingerprint density at radius 2 is 1.81 bits per heavy atom. The second kappa shape index (κ2) is 6.05. The minimum absolute atomic E-state index is 0.150. The molecule has 0 saturated heterocycles. The van der Waals surface area contributed by atoms with E-state index in [4.69, 9.17) is 4.74 Å². The number of nitrogens with zero attached hydrogens (tertiary/aromatic N) is 1. The topological polar surface area (TPSA) is 51.2 Å². The molecule has 0 aliphatic rings. The number of ether oxygens (including phenoxy) is 1. The first-order valence-corrected chi connectivity index (χ1v) is 6.64. The number of benzene rings is 2. The number of fused-ring (bicyclic) bond motifs is 1. The zero-order valence-corrected chi connectivity index (χ0v) is 11.3. The van der Waals surface area contributed by atoms with Gasteiger partial charge in [-0.1, -0.05) is 42.5 Å². The number of hydrogen-bond donors (Lipinski definition) is 1. The van der Waals surface area contributed by atoms with E-state index >= 15 is 0 Å². The number of carbonyl (C=O) groups is 1. The molecule has 104 valence electrons. The number of pyridine rings is 1. The summed E-state index contributed by atoms with van der Waals surface area (Å²) < 4.78 is 5.17. The highest BCUT2D eigenvalue weighted by Gasteiger charge is 2.06. The van der Waals surface area contributed by atoms with E-state index < -0.39 is 6.09 Å². The lowest BCUT2D eigenvalue weighted by Crippen LogP contribution is -2.14. The molecule has 0 atom stereocenters. The van der Waals surface area contributed by atoms with Crippen LogP contribution in [0.1, 0.15) is 5.69 Å². The van der Waals surface area contributed by atoms with E-state index in [1.807, 2.05) is 60.7 Å². The summed E-state index contributed by atoms with van der Waals surface area (Å²) in [6.07, 6.45) is 1.18. The Morgan fingerprint density at radius 3 is 2.67 bits per heavy atom. The maximum Gasteiger partial charge on any atom is 0.412 e. The standard InChI is InChI=1S/C17H14N2O2/c20-17(21-12-14-8-3-4-11-18-14)19-16-10-5-7-13-6-1-2-9-15(13)16/h1-11H,12H2,(H,19,20). The van der Waals surface area contributed by atoms with E-state index in [0.717, 1.165) is 16.5 Å². The summed E-state index contributed by atoms with van der Waals surface area (Å²) in [6.45, 7) is 0.150. The number of anilines is 1. The molecule has 0 radical (unpaired) electrons. The van der Waals surface area contributed by atoms with E-state index in [1.165, 1.54) is 0 Å². The van der Waals surface area contributed by atoms with Crippen molar-refractivity contribution >= 4 is 22.6 Å². The third-order valence-electron chi connectivity index (χ3n) is 3.10. The molecule has 0 unspecified atom stereocenters. The molecule has 1 aromatic heterocycles. The smallest absolute Gasteiger partial charge is 0.412 e. The summed E-state index contributed by atoms with van der Waals surface area (Å²) in [6, 6.07) is 19.1. The van der Waals surface area contributed by atoms with Crippen LogP contribution in [0.4, 0.5) is 10.5 Å². The van der Waals surface area contributed by atoms with Crippen LogP contribution in [-0.2, 0) is 11.3 Å². The zero-order valence-electron chi connectivity index (χ0n) is 11.3. The van der Waals surface area contributed by atoms with Crippen LogP contribution in [0.2, 0.25) is 0 Å². The largest absolute Gasteiger partial charge is 0.443 e. The number of rotatable bonds is 3. The van der Waals surface area contributed by atoms with Crippen molar-refractivity contribution in [1.82, 2.24) is 4.98 Å². The van der Waals surface area contributed by atoms with Gasteiger partial charge in [0.25, 0.3) is 0 Å². The van der Waals surface area contributed by atoms with Gasteiger partial charge >= 0.3 is 6.09 Å². The molecule has 1 amide bonds. The Balaban J connectivity index is 1.69. The molecule has 21 heavy (non-hydrogen) atoms. The first-order valence-electron chi connectivity index (χ1n) is 6.64. The fourth-order valence-electron chi connectivity index (χ4n) is 2.10. The number of amides is 1. The number of carbonyl (C=O) groups excluding carboxylic acids is 1. The zero-order chi connectivity index (χ0) is 14.5. The van der Waals surface area contributed by atoms with Crippen LogP contribution >= 0.6 is 0 Å². The van der Waals surface area contributed by atoms with Crippen LogP contribution < -0.4 is 5.32 Å². The third kappa shape index (κ3) is 3.17. The molecular formula is C17H14N2O2. The summed E-state index contributed by atoms with van der Waals surface area (Å²) in [5.74, 6) is 0. The van der Waals surface area contributed by atoms with E-state index in [0.29, 0.717) is 5.69 Å². The van der Waals surface area contributed by atoms with E-state index in [2.05, 4.69) is 10.3 Å². The molecule has 0 fully saturated rings. The highest BCUT2D eigenvalue weighted by Crippen LogP contribution is 2.23. The number of nitrogens with one attached hydrogen (secondary N) is 1. The monoisotopic (exact) mass is 278 g/mol. The molecule has 0 aliphatic carbocycles. The number of hydrogen-bond acceptors (Lipinski definition) is 3. The molecule has 2 aromatic carbocycles. The van der Waals surface area contributed by atoms with Crippen molar-refractivity contribution in [2.45, 2.75) is 6.61 Å². The normalized spacial score (nSPS) is 10.3. The Labute approximate surface area is 122 Å². The highest BCUT2D eigenvalue weighted by molar-refractivity contribution is 6.00. The molecule has 0 bridgehead atoms. The van der Waals surface area contributed by atoms with Gasteiger partial charge in [0.1, 0.15) is 6.61 Å². The van der Waals surface area contributed by atoms with Gasteiger partial charge in [-0.25, -0.2) is 4.79 Å². The average molecular weight is 278 g/mol. The number of aromatic nitrogens is 1. The van der Waals surface area contributed by atoms with Gasteiger partial charge in [-0.2, -0.15) is 0 Å². The van der Waals surface area contributed by atoms with Crippen molar-refractivity contribution in [2.75, 3.05) is 5.32 Å². The average Bonchev–Trinajstić information content (AvgIpc) is 2.54. The van der Waals surface area contributed by atoms with Gasteiger partial charge in [0.05, 0.1) is 11.4 Å². The maximum absolute atomic E-state index is 11.9. The molecule has 3 rings (SSSR count). The molecule has 0 aliphatic heterocycles. The van der Waals surface area contributed by atoms with Crippen LogP contribution in [-0.4, -0.2) is 11.1 Å². The van der Waals surface area contributed by atoms with Crippen LogP contribution in [0.15, 0.2) is 66.9 Å². The summed E-state index contributed by atoms with van der Waals surface area (Å²) >= 11 is 0. The molecule has 1 N–H and O–H groups in total. The van der Waals surface area contributed by atoms with Crippen molar-refractivity contribution in [2.24, 2.45) is 0 Å².